The molecule has 1 aliphatic heterocycles. The van der Waals surface area contributed by atoms with Gasteiger partial charge in [-0.15, -0.1) is 0 Å². The van der Waals surface area contributed by atoms with E-state index in [1.165, 1.54) is 0 Å². The number of nitrogens with zero attached hydrogens (tertiary/aromatic N) is 2. The highest BCUT2D eigenvalue weighted by Crippen LogP contribution is 2.46. The van der Waals surface area contributed by atoms with Gasteiger partial charge in [0.15, 0.2) is 0 Å². The SMILES string of the molecule is N#CC1=C(N)Oc2c(c(=O)n(-c3ccccc3)c3ccccc23)C1c1cccc(Cl)c1Cl. The summed E-state index contributed by atoms with van der Waals surface area (Å²) in [4.78, 5) is 14.0. The van der Waals surface area contributed by atoms with E-state index < -0.39 is 5.92 Å². The summed E-state index contributed by atoms with van der Waals surface area (Å²) < 4.78 is 7.50. The Labute approximate surface area is 193 Å². The molecule has 1 unspecified atom stereocenters. The first-order chi connectivity index (χ1) is 15.5. The van der Waals surface area contributed by atoms with E-state index in [9.17, 15) is 10.1 Å². The normalized spacial score (nSPS) is 15.2. The van der Waals surface area contributed by atoms with Gasteiger partial charge in [-0.3, -0.25) is 9.36 Å². The summed E-state index contributed by atoms with van der Waals surface area (Å²) in [5.41, 5.74) is 8.07. The minimum Gasteiger partial charge on any atom is -0.439 e. The molecule has 7 heteroatoms. The molecule has 0 amide bonds. The summed E-state index contributed by atoms with van der Waals surface area (Å²) in [6, 6.07) is 23.9. The Morgan fingerprint density at radius 2 is 1.69 bits per heavy atom. The number of ether oxygens (including phenoxy) is 1. The zero-order valence-corrected chi connectivity index (χ0v) is 18.1. The van der Waals surface area contributed by atoms with Gasteiger partial charge in [0.05, 0.1) is 27.0 Å². The second-order valence-corrected chi connectivity index (χ2v) is 8.09. The molecule has 0 saturated carbocycles. The second kappa shape index (κ2) is 7.76. The number of hydrogen-bond acceptors (Lipinski definition) is 4. The first-order valence-electron chi connectivity index (χ1n) is 9.77. The zero-order valence-electron chi connectivity index (χ0n) is 16.5. The molecule has 4 aromatic rings. The number of aromatic nitrogens is 1. The third-order valence-electron chi connectivity index (χ3n) is 5.55. The lowest BCUT2D eigenvalue weighted by Gasteiger charge is -2.28. The van der Waals surface area contributed by atoms with Gasteiger partial charge in [0, 0.05) is 11.1 Å². The molecule has 0 fully saturated rings. The topological polar surface area (TPSA) is 81.0 Å². The van der Waals surface area contributed by atoms with Crippen LogP contribution in [0.5, 0.6) is 5.75 Å². The van der Waals surface area contributed by atoms with Crippen LogP contribution in [0.25, 0.3) is 16.6 Å². The van der Waals surface area contributed by atoms with Crippen LogP contribution >= 0.6 is 23.2 Å². The number of allylic oxidation sites excluding steroid dienone is 1. The maximum Gasteiger partial charge on any atom is 0.263 e. The van der Waals surface area contributed by atoms with Crippen LogP contribution in [0.4, 0.5) is 0 Å². The van der Waals surface area contributed by atoms with Crippen molar-refractivity contribution in [3.63, 3.8) is 0 Å². The average molecular weight is 460 g/mol. The highest BCUT2D eigenvalue weighted by atomic mass is 35.5. The molecular formula is C25H15Cl2N3O2. The summed E-state index contributed by atoms with van der Waals surface area (Å²) in [6.45, 7) is 0. The van der Waals surface area contributed by atoms with Crippen molar-refractivity contribution in [2.24, 2.45) is 5.73 Å². The van der Waals surface area contributed by atoms with Crippen molar-refractivity contribution >= 4 is 34.1 Å². The van der Waals surface area contributed by atoms with E-state index in [4.69, 9.17) is 33.7 Å². The third-order valence-corrected chi connectivity index (χ3v) is 6.38. The van der Waals surface area contributed by atoms with Crippen LogP contribution in [0.15, 0.2) is 89.0 Å². The number of benzene rings is 3. The number of nitrogens with two attached hydrogens (primary N) is 1. The standard InChI is InChI=1S/C25H15Cl2N3O2/c26-18-11-6-10-16(22(18)27)20-17(13-28)24(29)32-23-15-9-4-5-12-19(15)30(25(31)21(20)23)14-7-2-1-3-8-14/h1-12,20H,29H2. The first kappa shape index (κ1) is 20.2. The van der Waals surface area contributed by atoms with Gasteiger partial charge in [-0.25, -0.2) is 0 Å². The monoisotopic (exact) mass is 459 g/mol. The first-order valence-corrected chi connectivity index (χ1v) is 10.5. The van der Waals surface area contributed by atoms with Gasteiger partial charge in [-0.05, 0) is 35.9 Å². The Morgan fingerprint density at radius 3 is 2.44 bits per heavy atom. The lowest BCUT2D eigenvalue weighted by Crippen LogP contribution is -2.31. The van der Waals surface area contributed by atoms with Crippen LogP contribution in [0.1, 0.15) is 17.0 Å². The van der Waals surface area contributed by atoms with Gasteiger partial charge in [0.25, 0.3) is 5.56 Å². The molecule has 5 rings (SSSR count). The number of halogens is 2. The number of para-hydroxylation sites is 2. The maximum absolute atomic E-state index is 14.0. The Morgan fingerprint density at radius 1 is 0.969 bits per heavy atom. The van der Waals surface area contributed by atoms with Gasteiger partial charge in [0.1, 0.15) is 17.4 Å². The molecule has 1 atom stereocenters. The molecule has 2 heterocycles. The minimum absolute atomic E-state index is 0.0666. The fraction of sp³-hybridized carbons (Fsp3) is 0.0400. The summed E-state index contributed by atoms with van der Waals surface area (Å²) >= 11 is 12.8. The highest BCUT2D eigenvalue weighted by Gasteiger charge is 2.37. The average Bonchev–Trinajstić information content (AvgIpc) is 2.81. The van der Waals surface area contributed by atoms with Crippen LogP contribution in [-0.2, 0) is 0 Å². The molecule has 3 aromatic carbocycles. The van der Waals surface area contributed by atoms with E-state index in [-0.39, 0.29) is 27.6 Å². The molecule has 0 aliphatic carbocycles. The lowest BCUT2D eigenvalue weighted by molar-refractivity contribution is 0.396. The van der Waals surface area contributed by atoms with E-state index in [1.54, 1.807) is 22.8 Å². The van der Waals surface area contributed by atoms with Crippen LogP contribution in [0, 0.1) is 11.3 Å². The fourth-order valence-electron chi connectivity index (χ4n) is 4.16. The highest BCUT2D eigenvalue weighted by molar-refractivity contribution is 6.42. The third kappa shape index (κ3) is 2.96. The van der Waals surface area contributed by atoms with E-state index >= 15 is 0 Å². The molecule has 0 radical (unpaired) electrons. The van der Waals surface area contributed by atoms with Crippen LogP contribution in [-0.4, -0.2) is 4.57 Å². The number of nitriles is 1. The summed E-state index contributed by atoms with van der Waals surface area (Å²) in [5.74, 6) is -0.583. The molecule has 2 N–H and O–H groups in total. The van der Waals surface area contributed by atoms with Gasteiger partial charge in [0.2, 0.25) is 5.88 Å². The van der Waals surface area contributed by atoms with Crippen molar-refractivity contribution in [1.29, 1.82) is 5.26 Å². The van der Waals surface area contributed by atoms with Gasteiger partial charge in [-0.1, -0.05) is 65.7 Å². The van der Waals surface area contributed by atoms with Crippen molar-refractivity contribution in [3.8, 4) is 17.5 Å². The van der Waals surface area contributed by atoms with Gasteiger partial charge >= 0.3 is 0 Å². The Kier molecular flexibility index (Phi) is 4.90. The van der Waals surface area contributed by atoms with Gasteiger partial charge in [-0.2, -0.15) is 5.26 Å². The van der Waals surface area contributed by atoms with E-state index in [0.29, 0.717) is 32.9 Å². The van der Waals surface area contributed by atoms with Crippen LogP contribution in [0.2, 0.25) is 10.0 Å². The van der Waals surface area contributed by atoms with E-state index in [1.807, 2.05) is 54.6 Å². The Hall–Kier alpha value is -3.72. The summed E-state index contributed by atoms with van der Waals surface area (Å²) in [7, 11) is 0. The number of pyridine rings is 1. The minimum atomic E-state index is -0.831. The number of fused-ring (bicyclic) bond motifs is 3. The predicted molar refractivity (Wildman–Crippen MR) is 125 cm³/mol. The number of hydrogen-bond donors (Lipinski definition) is 1. The molecule has 0 bridgehead atoms. The smallest absolute Gasteiger partial charge is 0.263 e. The predicted octanol–water partition coefficient (Wildman–Crippen LogP) is 5.52. The molecule has 1 aliphatic rings. The van der Waals surface area contributed by atoms with Crippen molar-refractivity contribution in [3.05, 3.63) is 116 Å². The van der Waals surface area contributed by atoms with E-state index in [0.717, 1.165) is 0 Å². The molecule has 0 spiro atoms. The van der Waals surface area contributed by atoms with Gasteiger partial charge < -0.3 is 10.5 Å². The molecule has 32 heavy (non-hydrogen) atoms. The summed E-state index contributed by atoms with van der Waals surface area (Å²) in [6.07, 6.45) is 0. The zero-order chi connectivity index (χ0) is 22.4. The molecule has 156 valence electrons. The van der Waals surface area contributed by atoms with E-state index in [2.05, 4.69) is 6.07 Å². The summed E-state index contributed by atoms with van der Waals surface area (Å²) in [5, 5.41) is 11.2. The fourth-order valence-corrected chi connectivity index (χ4v) is 4.57. The number of rotatable bonds is 2. The second-order valence-electron chi connectivity index (χ2n) is 7.30. The Bertz CT molecular complexity index is 1520. The molecule has 1 aromatic heterocycles. The largest absolute Gasteiger partial charge is 0.439 e. The molecular weight excluding hydrogens is 445 g/mol. The van der Waals surface area contributed by atoms with Crippen LogP contribution < -0.4 is 16.0 Å². The molecule has 5 nitrogen and oxygen atoms in total. The van der Waals surface area contributed by atoms with Crippen molar-refractivity contribution < 1.29 is 4.74 Å². The molecule has 0 saturated heterocycles. The van der Waals surface area contributed by atoms with Crippen LogP contribution in [0.3, 0.4) is 0 Å². The van der Waals surface area contributed by atoms with Crippen molar-refractivity contribution in [1.82, 2.24) is 4.57 Å². The van der Waals surface area contributed by atoms with Crippen molar-refractivity contribution in [2.75, 3.05) is 0 Å². The lowest BCUT2D eigenvalue weighted by atomic mass is 9.83. The van der Waals surface area contributed by atoms with Crippen molar-refractivity contribution in [2.45, 2.75) is 5.92 Å². The quantitative estimate of drug-likeness (QED) is 0.428. The maximum atomic E-state index is 14.0. The Balaban J connectivity index is 1.96.